The highest BCUT2D eigenvalue weighted by atomic mass is 35.5. The van der Waals surface area contributed by atoms with Crippen LogP contribution < -0.4 is 5.73 Å². The first kappa shape index (κ1) is 11.5. The molecule has 0 saturated heterocycles. The first-order chi connectivity index (χ1) is 7.66. The van der Waals surface area contributed by atoms with E-state index in [1.807, 2.05) is 18.3 Å². The molecule has 5 heteroatoms. The highest BCUT2D eigenvalue weighted by Crippen LogP contribution is 2.25. The monoisotopic (exact) mass is 255 g/mol. The Morgan fingerprint density at radius 1 is 1.38 bits per heavy atom. The first-order valence-corrected chi connectivity index (χ1v) is 5.60. The number of hydrogen-bond donors (Lipinski definition) is 1. The van der Waals surface area contributed by atoms with Crippen molar-refractivity contribution < 1.29 is 0 Å². The van der Waals surface area contributed by atoms with Crippen molar-refractivity contribution in [2.45, 2.75) is 12.6 Å². The SMILES string of the molecule is NC(Cn1cccn1)c1ccc(Cl)cc1Cl. The summed E-state index contributed by atoms with van der Waals surface area (Å²) in [5, 5.41) is 5.30. The highest BCUT2D eigenvalue weighted by molar-refractivity contribution is 6.35. The van der Waals surface area contributed by atoms with Crippen molar-refractivity contribution in [1.29, 1.82) is 0 Å². The topological polar surface area (TPSA) is 43.8 Å². The fourth-order valence-electron chi connectivity index (χ4n) is 1.51. The third kappa shape index (κ3) is 2.55. The van der Waals surface area contributed by atoms with Crippen LogP contribution in [0.4, 0.5) is 0 Å². The molecule has 0 saturated carbocycles. The van der Waals surface area contributed by atoms with Crippen LogP contribution in [0.5, 0.6) is 0 Å². The molecule has 3 nitrogen and oxygen atoms in total. The Bertz CT molecular complexity index is 468. The van der Waals surface area contributed by atoms with Gasteiger partial charge >= 0.3 is 0 Å². The fraction of sp³-hybridized carbons (Fsp3) is 0.182. The van der Waals surface area contributed by atoms with Crippen LogP contribution in [0.15, 0.2) is 36.7 Å². The standard InChI is InChI=1S/C11H11Cl2N3/c12-8-2-3-9(10(13)6-8)11(14)7-16-5-1-4-15-16/h1-6,11H,7,14H2. The number of hydrogen-bond acceptors (Lipinski definition) is 2. The van der Waals surface area contributed by atoms with Crippen LogP contribution in [-0.4, -0.2) is 9.78 Å². The van der Waals surface area contributed by atoms with Crippen molar-refractivity contribution in [3.05, 3.63) is 52.3 Å². The molecular formula is C11H11Cl2N3. The van der Waals surface area contributed by atoms with Crippen molar-refractivity contribution in [2.75, 3.05) is 0 Å². The van der Waals surface area contributed by atoms with Crippen molar-refractivity contribution >= 4 is 23.2 Å². The van der Waals surface area contributed by atoms with Crippen molar-refractivity contribution in [2.24, 2.45) is 5.73 Å². The largest absolute Gasteiger partial charge is 0.322 e. The van der Waals surface area contributed by atoms with Crippen LogP contribution >= 0.6 is 23.2 Å². The van der Waals surface area contributed by atoms with E-state index in [1.165, 1.54) is 0 Å². The van der Waals surface area contributed by atoms with Gasteiger partial charge in [0.1, 0.15) is 0 Å². The molecule has 2 rings (SSSR count). The van der Waals surface area contributed by atoms with Crippen molar-refractivity contribution in [1.82, 2.24) is 9.78 Å². The van der Waals surface area contributed by atoms with Gasteiger partial charge in [-0.3, -0.25) is 4.68 Å². The molecule has 1 aromatic heterocycles. The molecule has 1 atom stereocenters. The normalized spacial score (nSPS) is 12.7. The molecule has 1 unspecified atom stereocenters. The fourth-order valence-corrected chi connectivity index (χ4v) is 2.06. The van der Waals surface area contributed by atoms with Gasteiger partial charge in [0.05, 0.1) is 12.6 Å². The van der Waals surface area contributed by atoms with Crippen LogP contribution in [0.1, 0.15) is 11.6 Å². The predicted molar refractivity (Wildman–Crippen MR) is 65.6 cm³/mol. The van der Waals surface area contributed by atoms with E-state index in [2.05, 4.69) is 5.10 Å². The molecule has 0 amide bonds. The van der Waals surface area contributed by atoms with Gasteiger partial charge in [0.15, 0.2) is 0 Å². The Morgan fingerprint density at radius 2 is 2.19 bits per heavy atom. The lowest BCUT2D eigenvalue weighted by molar-refractivity contribution is 0.528. The third-order valence-electron chi connectivity index (χ3n) is 2.30. The maximum atomic E-state index is 6.07. The van der Waals surface area contributed by atoms with E-state index in [4.69, 9.17) is 28.9 Å². The van der Waals surface area contributed by atoms with Crippen molar-refractivity contribution in [3.8, 4) is 0 Å². The van der Waals surface area contributed by atoms with E-state index in [-0.39, 0.29) is 6.04 Å². The minimum atomic E-state index is -0.190. The number of aromatic nitrogens is 2. The average molecular weight is 256 g/mol. The highest BCUT2D eigenvalue weighted by Gasteiger charge is 2.11. The zero-order valence-corrected chi connectivity index (χ0v) is 9.99. The smallest absolute Gasteiger partial charge is 0.0602 e. The summed E-state index contributed by atoms with van der Waals surface area (Å²) in [6.45, 7) is 0.592. The van der Waals surface area contributed by atoms with Crippen LogP contribution in [-0.2, 0) is 6.54 Å². The Morgan fingerprint density at radius 3 is 2.81 bits per heavy atom. The quantitative estimate of drug-likeness (QED) is 0.917. The lowest BCUT2D eigenvalue weighted by Gasteiger charge is -2.13. The molecule has 0 aliphatic rings. The second-order valence-corrected chi connectivity index (χ2v) is 4.34. The number of rotatable bonds is 3. The van der Waals surface area contributed by atoms with Crippen LogP contribution in [0.3, 0.4) is 0 Å². The van der Waals surface area contributed by atoms with E-state index < -0.39 is 0 Å². The minimum absolute atomic E-state index is 0.190. The summed E-state index contributed by atoms with van der Waals surface area (Å²) in [7, 11) is 0. The van der Waals surface area contributed by atoms with E-state index in [0.29, 0.717) is 16.6 Å². The van der Waals surface area contributed by atoms with Gasteiger partial charge in [-0.15, -0.1) is 0 Å². The Balaban J connectivity index is 2.17. The van der Waals surface area contributed by atoms with Gasteiger partial charge in [0, 0.05) is 22.4 Å². The number of nitrogens with zero attached hydrogens (tertiary/aromatic N) is 2. The summed E-state index contributed by atoms with van der Waals surface area (Å²) in [6, 6.07) is 6.99. The molecule has 0 spiro atoms. The molecule has 2 N–H and O–H groups in total. The van der Waals surface area contributed by atoms with Gasteiger partial charge in [-0.25, -0.2) is 0 Å². The molecule has 0 bridgehead atoms. The van der Waals surface area contributed by atoms with Crippen LogP contribution in [0.25, 0.3) is 0 Å². The van der Waals surface area contributed by atoms with E-state index >= 15 is 0 Å². The summed E-state index contributed by atoms with van der Waals surface area (Å²) in [5.41, 5.74) is 6.93. The van der Waals surface area contributed by atoms with Gasteiger partial charge < -0.3 is 5.73 Å². The molecule has 0 radical (unpaired) electrons. The second-order valence-electron chi connectivity index (χ2n) is 3.50. The molecule has 1 heterocycles. The van der Waals surface area contributed by atoms with E-state index in [1.54, 1.807) is 23.0 Å². The third-order valence-corrected chi connectivity index (χ3v) is 2.87. The zero-order chi connectivity index (χ0) is 11.5. The Kier molecular flexibility index (Phi) is 3.49. The molecule has 0 fully saturated rings. The maximum absolute atomic E-state index is 6.07. The summed E-state index contributed by atoms with van der Waals surface area (Å²) in [6.07, 6.45) is 3.58. The van der Waals surface area contributed by atoms with Crippen molar-refractivity contribution in [3.63, 3.8) is 0 Å². The Hall–Kier alpha value is -1.03. The summed E-state index contributed by atoms with van der Waals surface area (Å²) < 4.78 is 1.77. The molecule has 2 aromatic rings. The average Bonchev–Trinajstić information content (AvgIpc) is 2.70. The van der Waals surface area contributed by atoms with E-state index in [0.717, 1.165) is 5.56 Å². The Labute approximate surface area is 104 Å². The van der Waals surface area contributed by atoms with Gasteiger partial charge in [-0.05, 0) is 23.8 Å². The zero-order valence-electron chi connectivity index (χ0n) is 8.48. The van der Waals surface area contributed by atoms with E-state index in [9.17, 15) is 0 Å². The molecular weight excluding hydrogens is 245 g/mol. The second kappa shape index (κ2) is 4.87. The molecule has 16 heavy (non-hydrogen) atoms. The summed E-state index contributed by atoms with van der Waals surface area (Å²) in [5.74, 6) is 0. The lowest BCUT2D eigenvalue weighted by atomic mass is 10.1. The van der Waals surface area contributed by atoms with Gasteiger partial charge in [-0.1, -0.05) is 29.3 Å². The summed E-state index contributed by atoms with van der Waals surface area (Å²) >= 11 is 11.9. The minimum Gasteiger partial charge on any atom is -0.322 e. The lowest BCUT2D eigenvalue weighted by Crippen LogP contribution is -2.18. The number of nitrogens with two attached hydrogens (primary N) is 1. The molecule has 0 aliphatic heterocycles. The molecule has 1 aromatic carbocycles. The van der Waals surface area contributed by atoms with Gasteiger partial charge in [-0.2, -0.15) is 5.10 Å². The first-order valence-electron chi connectivity index (χ1n) is 4.85. The van der Waals surface area contributed by atoms with Gasteiger partial charge in [0.25, 0.3) is 0 Å². The molecule has 0 aliphatic carbocycles. The predicted octanol–water partition coefficient (Wildman–Crippen LogP) is 2.89. The summed E-state index contributed by atoms with van der Waals surface area (Å²) in [4.78, 5) is 0. The van der Waals surface area contributed by atoms with Gasteiger partial charge in [0.2, 0.25) is 0 Å². The maximum Gasteiger partial charge on any atom is 0.0602 e. The van der Waals surface area contributed by atoms with Crippen LogP contribution in [0, 0.1) is 0 Å². The van der Waals surface area contributed by atoms with Crippen LogP contribution in [0.2, 0.25) is 10.0 Å². The number of halogens is 2. The number of benzene rings is 1. The molecule has 84 valence electrons.